The van der Waals surface area contributed by atoms with Crippen LogP contribution in [0.4, 0.5) is 0 Å². The molecule has 0 aliphatic rings. The van der Waals surface area contributed by atoms with Crippen LogP contribution in [0, 0.1) is 0 Å². The van der Waals surface area contributed by atoms with Gasteiger partial charge in [0.05, 0.1) is 11.9 Å². The maximum atomic E-state index is 5.46. The zero-order valence-corrected chi connectivity index (χ0v) is 10.7. The first kappa shape index (κ1) is 13.4. The SMILES string of the molecule is C=CC(=C)C(=NC)c1cnn(C(C)OCC)c1. The summed E-state index contributed by atoms with van der Waals surface area (Å²) in [5.74, 6) is 0. The van der Waals surface area contributed by atoms with E-state index >= 15 is 0 Å². The number of aromatic nitrogens is 2. The topological polar surface area (TPSA) is 39.4 Å². The van der Waals surface area contributed by atoms with E-state index in [9.17, 15) is 0 Å². The molecule has 0 bridgehead atoms. The van der Waals surface area contributed by atoms with Gasteiger partial charge in [-0.2, -0.15) is 5.10 Å². The minimum Gasteiger partial charge on any atom is -0.357 e. The lowest BCUT2D eigenvalue weighted by atomic mass is 10.1. The van der Waals surface area contributed by atoms with E-state index in [1.54, 1.807) is 24.0 Å². The number of allylic oxidation sites excluding steroid dienone is 2. The van der Waals surface area contributed by atoms with Crippen molar-refractivity contribution in [2.45, 2.75) is 20.1 Å². The lowest BCUT2D eigenvalue weighted by Gasteiger charge is -2.11. The number of rotatable bonds is 6. The summed E-state index contributed by atoms with van der Waals surface area (Å²) in [5.41, 5.74) is 2.51. The van der Waals surface area contributed by atoms with Crippen LogP contribution in [0.15, 0.2) is 42.2 Å². The van der Waals surface area contributed by atoms with Crippen molar-refractivity contribution in [3.05, 3.63) is 42.8 Å². The zero-order valence-electron chi connectivity index (χ0n) is 10.7. The quantitative estimate of drug-likeness (QED) is 0.559. The van der Waals surface area contributed by atoms with Crippen LogP contribution in [0.3, 0.4) is 0 Å². The van der Waals surface area contributed by atoms with Gasteiger partial charge in [-0.3, -0.25) is 4.99 Å². The summed E-state index contributed by atoms with van der Waals surface area (Å²) in [6, 6.07) is 0. The second-order valence-corrected chi connectivity index (χ2v) is 3.57. The van der Waals surface area contributed by atoms with Gasteiger partial charge in [-0.25, -0.2) is 4.68 Å². The van der Waals surface area contributed by atoms with Gasteiger partial charge in [-0.15, -0.1) is 0 Å². The molecular weight excluding hydrogens is 214 g/mol. The van der Waals surface area contributed by atoms with Crippen LogP contribution in [0.5, 0.6) is 0 Å². The van der Waals surface area contributed by atoms with Crippen LogP contribution < -0.4 is 0 Å². The second kappa shape index (κ2) is 6.15. The maximum absolute atomic E-state index is 5.46. The van der Waals surface area contributed by atoms with Gasteiger partial charge in [0.25, 0.3) is 0 Å². The molecule has 0 aliphatic heterocycles. The Balaban J connectivity index is 2.94. The molecular formula is C13H19N3O. The smallest absolute Gasteiger partial charge is 0.147 e. The molecule has 0 aromatic carbocycles. The van der Waals surface area contributed by atoms with E-state index in [2.05, 4.69) is 23.2 Å². The highest BCUT2D eigenvalue weighted by atomic mass is 16.5. The highest BCUT2D eigenvalue weighted by molar-refractivity contribution is 6.13. The van der Waals surface area contributed by atoms with Crippen LogP contribution >= 0.6 is 0 Å². The van der Waals surface area contributed by atoms with Gasteiger partial charge in [0, 0.05) is 25.4 Å². The van der Waals surface area contributed by atoms with E-state index < -0.39 is 0 Å². The van der Waals surface area contributed by atoms with Crippen LogP contribution in [0.1, 0.15) is 25.6 Å². The molecule has 1 heterocycles. The Morgan fingerprint density at radius 2 is 2.41 bits per heavy atom. The molecule has 1 aromatic rings. The minimum atomic E-state index is -0.0798. The molecule has 17 heavy (non-hydrogen) atoms. The zero-order chi connectivity index (χ0) is 12.8. The van der Waals surface area contributed by atoms with Crippen LogP contribution in [-0.2, 0) is 4.74 Å². The average Bonchev–Trinajstić information content (AvgIpc) is 2.79. The highest BCUT2D eigenvalue weighted by Crippen LogP contribution is 2.12. The molecule has 0 fully saturated rings. The van der Waals surface area contributed by atoms with Crippen molar-refractivity contribution < 1.29 is 4.74 Å². The van der Waals surface area contributed by atoms with Crippen LogP contribution in [0.2, 0.25) is 0 Å². The van der Waals surface area contributed by atoms with Gasteiger partial charge < -0.3 is 4.74 Å². The summed E-state index contributed by atoms with van der Waals surface area (Å²) in [7, 11) is 1.73. The maximum Gasteiger partial charge on any atom is 0.147 e. The molecule has 0 N–H and O–H groups in total. The van der Waals surface area contributed by atoms with Gasteiger partial charge >= 0.3 is 0 Å². The Kier molecular flexibility index (Phi) is 4.84. The molecule has 0 radical (unpaired) electrons. The van der Waals surface area contributed by atoms with Gasteiger partial charge in [0.15, 0.2) is 0 Å². The van der Waals surface area contributed by atoms with Gasteiger partial charge in [-0.05, 0) is 19.4 Å². The molecule has 4 nitrogen and oxygen atoms in total. The molecule has 0 saturated carbocycles. The normalized spacial score (nSPS) is 13.5. The third-order valence-electron chi connectivity index (χ3n) is 2.43. The van der Waals surface area contributed by atoms with Crippen molar-refractivity contribution in [1.82, 2.24) is 9.78 Å². The van der Waals surface area contributed by atoms with E-state index in [1.807, 2.05) is 20.0 Å². The van der Waals surface area contributed by atoms with Crippen LogP contribution in [-0.4, -0.2) is 29.1 Å². The molecule has 92 valence electrons. The fraction of sp³-hybridized carbons (Fsp3) is 0.385. The number of hydrogen-bond donors (Lipinski definition) is 0. The fourth-order valence-electron chi connectivity index (χ4n) is 1.53. The predicted molar refractivity (Wildman–Crippen MR) is 70.4 cm³/mol. The molecule has 1 aromatic heterocycles. The number of nitrogens with zero attached hydrogens (tertiary/aromatic N) is 3. The van der Waals surface area contributed by atoms with Crippen molar-refractivity contribution in [3.8, 4) is 0 Å². The largest absolute Gasteiger partial charge is 0.357 e. The fourth-order valence-corrected chi connectivity index (χ4v) is 1.53. The second-order valence-electron chi connectivity index (χ2n) is 3.57. The Morgan fingerprint density at radius 1 is 1.71 bits per heavy atom. The molecule has 1 unspecified atom stereocenters. The summed E-state index contributed by atoms with van der Waals surface area (Å²) in [6.45, 7) is 12.2. The van der Waals surface area contributed by atoms with Gasteiger partial charge in [0.2, 0.25) is 0 Å². The Morgan fingerprint density at radius 3 is 2.94 bits per heavy atom. The summed E-state index contributed by atoms with van der Waals surface area (Å²) >= 11 is 0. The molecule has 0 spiro atoms. The van der Waals surface area contributed by atoms with E-state index in [0.29, 0.717) is 6.61 Å². The summed E-state index contributed by atoms with van der Waals surface area (Å²) < 4.78 is 7.22. The lowest BCUT2D eigenvalue weighted by Crippen LogP contribution is -2.09. The van der Waals surface area contributed by atoms with E-state index in [1.165, 1.54) is 0 Å². The van der Waals surface area contributed by atoms with Crippen molar-refractivity contribution >= 4 is 5.71 Å². The third kappa shape index (κ3) is 3.14. The standard InChI is InChI=1S/C13H19N3O/c1-6-10(3)13(14-5)12-8-15-16(9-12)11(4)17-7-2/h6,8-9,11H,1,3,7H2,2,4-5H3. The molecule has 1 atom stereocenters. The number of aliphatic imine (C=N–C) groups is 1. The van der Waals surface area contributed by atoms with Crippen LogP contribution in [0.25, 0.3) is 0 Å². The summed E-state index contributed by atoms with van der Waals surface area (Å²) in [4.78, 5) is 4.20. The van der Waals surface area contributed by atoms with Crippen molar-refractivity contribution in [1.29, 1.82) is 0 Å². The van der Waals surface area contributed by atoms with Gasteiger partial charge in [0.1, 0.15) is 6.23 Å². The van der Waals surface area contributed by atoms with Crippen molar-refractivity contribution in [2.24, 2.45) is 4.99 Å². The summed E-state index contributed by atoms with van der Waals surface area (Å²) in [5, 5.41) is 4.26. The van der Waals surface area contributed by atoms with E-state index in [0.717, 1.165) is 16.8 Å². The molecule has 0 amide bonds. The van der Waals surface area contributed by atoms with Crippen molar-refractivity contribution in [3.63, 3.8) is 0 Å². The van der Waals surface area contributed by atoms with E-state index in [4.69, 9.17) is 4.74 Å². The highest BCUT2D eigenvalue weighted by Gasteiger charge is 2.10. The molecule has 0 aliphatic carbocycles. The lowest BCUT2D eigenvalue weighted by molar-refractivity contribution is 0.0159. The molecule has 4 heteroatoms. The third-order valence-corrected chi connectivity index (χ3v) is 2.43. The van der Waals surface area contributed by atoms with E-state index in [-0.39, 0.29) is 6.23 Å². The monoisotopic (exact) mass is 233 g/mol. The Labute approximate surface area is 102 Å². The van der Waals surface area contributed by atoms with Crippen molar-refractivity contribution in [2.75, 3.05) is 13.7 Å². The molecule has 0 saturated heterocycles. The minimum absolute atomic E-state index is 0.0798. The average molecular weight is 233 g/mol. The number of hydrogen-bond acceptors (Lipinski definition) is 3. The Hall–Kier alpha value is -1.68. The van der Waals surface area contributed by atoms with Gasteiger partial charge in [-0.1, -0.05) is 19.2 Å². The first-order chi connectivity index (χ1) is 8.13. The predicted octanol–water partition coefficient (Wildman–Crippen LogP) is 2.60. The summed E-state index contributed by atoms with van der Waals surface area (Å²) in [6.07, 6.45) is 5.26. The first-order valence-corrected chi connectivity index (χ1v) is 5.58. The molecule has 1 rings (SSSR count). The Bertz CT molecular complexity index is 432. The number of ether oxygens (including phenoxy) is 1. The first-order valence-electron chi connectivity index (χ1n) is 5.58.